The van der Waals surface area contributed by atoms with E-state index in [1.165, 1.54) is 10.7 Å². The van der Waals surface area contributed by atoms with Crippen molar-refractivity contribution in [3.05, 3.63) is 16.1 Å². The third-order valence-corrected chi connectivity index (χ3v) is 6.16. The van der Waals surface area contributed by atoms with Gasteiger partial charge in [0, 0.05) is 54.9 Å². The van der Waals surface area contributed by atoms with Crippen molar-refractivity contribution in [1.82, 2.24) is 15.2 Å². The predicted molar refractivity (Wildman–Crippen MR) is 99.4 cm³/mol. The van der Waals surface area contributed by atoms with Gasteiger partial charge >= 0.3 is 0 Å². The molecule has 6 heteroatoms. The van der Waals surface area contributed by atoms with E-state index in [9.17, 15) is 0 Å². The summed E-state index contributed by atoms with van der Waals surface area (Å²) in [5.74, 6) is 2.71. The largest absolute Gasteiger partial charge is 0.356 e. The van der Waals surface area contributed by atoms with Crippen LogP contribution in [0.5, 0.6) is 0 Å². The molecule has 4 nitrogen and oxygen atoms in total. The SMILES string of the molecule is CN=C(NCCc1csc(C(C)C)n1)N1CCSC(C)(C)C1. The minimum atomic E-state index is 0.303. The molecule has 0 bridgehead atoms. The van der Waals surface area contributed by atoms with Gasteiger partial charge in [0.25, 0.3) is 0 Å². The van der Waals surface area contributed by atoms with Gasteiger partial charge in [-0.05, 0) is 13.8 Å². The summed E-state index contributed by atoms with van der Waals surface area (Å²) in [7, 11) is 1.87. The molecule has 1 aliphatic rings. The van der Waals surface area contributed by atoms with E-state index in [1.54, 1.807) is 11.3 Å². The summed E-state index contributed by atoms with van der Waals surface area (Å²) in [6.45, 7) is 12.0. The summed E-state index contributed by atoms with van der Waals surface area (Å²) in [5.41, 5.74) is 1.19. The molecule has 0 spiro atoms. The fourth-order valence-corrected chi connectivity index (χ4v) is 4.52. The summed E-state index contributed by atoms with van der Waals surface area (Å²) >= 11 is 3.81. The van der Waals surface area contributed by atoms with Crippen molar-refractivity contribution in [2.24, 2.45) is 4.99 Å². The second-order valence-corrected chi connectivity index (χ2v) is 9.28. The molecule has 0 atom stereocenters. The fourth-order valence-electron chi connectivity index (χ4n) is 2.53. The van der Waals surface area contributed by atoms with Crippen LogP contribution < -0.4 is 5.32 Å². The molecular formula is C16H28N4S2. The van der Waals surface area contributed by atoms with Crippen LogP contribution >= 0.6 is 23.1 Å². The highest BCUT2D eigenvalue weighted by Crippen LogP contribution is 2.29. The van der Waals surface area contributed by atoms with Crippen LogP contribution in [0.1, 0.15) is 44.3 Å². The van der Waals surface area contributed by atoms with Gasteiger partial charge < -0.3 is 10.2 Å². The maximum absolute atomic E-state index is 4.69. The number of thioether (sulfide) groups is 1. The van der Waals surface area contributed by atoms with Gasteiger partial charge in [0.15, 0.2) is 5.96 Å². The second kappa shape index (κ2) is 7.68. The van der Waals surface area contributed by atoms with Crippen LogP contribution in [0.15, 0.2) is 10.4 Å². The highest BCUT2D eigenvalue weighted by Gasteiger charge is 2.28. The Labute approximate surface area is 142 Å². The zero-order chi connectivity index (χ0) is 16.2. The Bertz CT molecular complexity index is 508. The average Bonchev–Trinajstić information content (AvgIpc) is 2.91. The molecule has 0 aromatic carbocycles. The molecule has 124 valence electrons. The quantitative estimate of drug-likeness (QED) is 0.675. The van der Waals surface area contributed by atoms with Gasteiger partial charge in [-0.3, -0.25) is 4.99 Å². The normalized spacial score (nSPS) is 18.8. The zero-order valence-electron chi connectivity index (χ0n) is 14.3. The van der Waals surface area contributed by atoms with E-state index >= 15 is 0 Å². The Morgan fingerprint density at radius 2 is 2.27 bits per heavy atom. The first-order valence-electron chi connectivity index (χ1n) is 7.95. The molecule has 1 N–H and O–H groups in total. The first-order valence-corrected chi connectivity index (χ1v) is 9.81. The molecule has 0 saturated carbocycles. The lowest BCUT2D eigenvalue weighted by Gasteiger charge is -2.39. The van der Waals surface area contributed by atoms with Crippen LogP contribution in [-0.4, -0.2) is 53.0 Å². The van der Waals surface area contributed by atoms with Crippen molar-refractivity contribution in [3.63, 3.8) is 0 Å². The lowest BCUT2D eigenvalue weighted by atomic mass is 10.2. The molecule has 0 aliphatic carbocycles. The summed E-state index contributed by atoms with van der Waals surface area (Å²) in [6, 6.07) is 0. The van der Waals surface area contributed by atoms with Crippen LogP contribution in [0.4, 0.5) is 0 Å². The third kappa shape index (κ3) is 4.88. The summed E-state index contributed by atoms with van der Waals surface area (Å²) in [6.07, 6.45) is 0.953. The van der Waals surface area contributed by atoms with E-state index in [0.29, 0.717) is 10.7 Å². The first kappa shape index (κ1) is 17.6. The standard InChI is InChI=1S/C16H28N4S2/c1-12(2)14-19-13(10-21-14)6-7-18-15(17-5)20-8-9-22-16(3,4)11-20/h10,12H,6-9,11H2,1-5H3,(H,17,18). The van der Waals surface area contributed by atoms with Gasteiger partial charge in [0.05, 0.1) is 10.7 Å². The minimum Gasteiger partial charge on any atom is -0.356 e. The fraction of sp³-hybridized carbons (Fsp3) is 0.750. The number of nitrogens with zero attached hydrogens (tertiary/aromatic N) is 3. The Kier molecular flexibility index (Phi) is 6.15. The van der Waals surface area contributed by atoms with Crippen LogP contribution in [0.3, 0.4) is 0 Å². The van der Waals surface area contributed by atoms with Crippen molar-refractivity contribution < 1.29 is 0 Å². The topological polar surface area (TPSA) is 40.5 Å². The summed E-state index contributed by atoms with van der Waals surface area (Å²) in [5, 5.41) is 6.91. The third-order valence-electron chi connectivity index (χ3n) is 3.66. The molecule has 1 fully saturated rings. The molecule has 0 radical (unpaired) electrons. The molecule has 2 rings (SSSR count). The minimum absolute atomic E-state index is 0.303. The molecule has 1 aromatic heterocycles. The van der Waals surface area contributed by atoms with Crippen molar-refractivity contribution >= 4 is 29.1 Å². The van der Waals surface area contributed by atoms with Crippen LogP contribution in [0.25, 0.3) is 0 Å². The predicted octanol–water partition coefficient (Wildman–Crippen LogP) is 3.21. The van der Waals surface area contributed by atoms with Crippen molar-refractivity contribution in [2.45, 2.75) is 44.8 Å². The van der Waals surface area contributed by atoms with Crippen LogP contribution in [-0.2, 0) is 6.42 Å². The van der Waals surface area contributed by atoms with Gasteiger partial charge in [-0.25, -0.2) is 4.98 Å². The number of thiazole rings is 1. The number of rotatable bonds is 4. The van der Waals surface area contributed by atoms with Gasteiger partial charge in [0.2, 0.25) is 0 Å². The zero-order valence-corrected chi connectivity index (χ0v) is 16.0. The monoisotopic (exact) mass is 340 g/mol. The van der Waals surface area contributed by atoms with Gasteiger partial charge in [-0.1, -0.05) is 13.8 Å². The number of nitrogens with one attached hydrogen (secondary N) is 1. The second-order valence-electron chi connectivity index (χ2n) is 6.59. The average molecular weight is 341 g/mol. The number of guanidine groups is 1. The molecule has 1 saturated heterocycles. The lowest BCUT2D eigenvalue weighted by molar-refractivity contribution is 0.376. The Hall–Kier alpha value is -0.750. The van der Waals surface area contributed by atoms with E-state index in [2.05, 4.69) is 53.3 Å². The smallest absolute Gasteiger partial charge is 0.193 e. The van der Waals surface area contributed by atoms with Gasteiger partial charge in [-0.15, -0.1) is 11.3 Å². The Morgan fingerprint density at radius 1 is 1.50 bits per heavy atom. The van der Waals surface area contributed by atoms with Crippen molar-refractivity contribution in [3.8, 4) is 0 Å². The van der Waals surface area contributed by atoms with E-state index < -0.39 is 0 Å². The Balaban J connectivity index is 1.83. The molecule has 0 amide bonds. The molecule has 0 unspecified atom stereocenters. The first-order chi connectivity index (χ1) is 10.4. The van der Waals surface area contributed by atoms with E-state index in [4.69, 9.17) is 0 Å². The molecular weight excluding hydrogens is 312 g/mol. The van der Waals surface area contributed by atoms with E-state index in [0.717, 1.165) is 37.8 Å². The van der Waals surface area contributed by atoms with Crippen molar-refractivity contribution in [1.29, 1.82) is 0 Å². The molecule has 1 aromatic rings. The number of hydrogen-bond acceptors (Lipinski definition) is 4. The number of aromatic nitrogens is 1. The lowest BCUT2D eigenvalue weighted by Crippen LogP contribution is -2.51. The molecule has 1 aliphatic heterocycles. The van der Waals surface area contributed by atoms with Crippen LogP contribution in [0, 0.1) is 0 Å². The maximum atomic E-state index is 4.69. The van der Waals surface area contributed by atoms with Crippen LogP contribution in [0.2, 0.25) is 0 Å². The Morgan fingerprint density at radius 3 is 2.86 bits per heavy atom. The number of aliphatic imine (C=N–C) groups is 1. The maximum Gasteiger partial charge on any atom is 0.193 e. The van der Waals surface area contributed by atoms with Gasteiger partial charge in [-0.2, -0.15) is 11.8 Å². The highest BCUT2D eigenvalue weighted by molar-refractivity contribution is 8.00. The van der Waals surface area contributed by atoms with Crippen molar-refractivity contribution in [2.75, 3.05) is 32.4 Å². The van der Waals surface area contributed by atoms with Gasteiger partial charge in [0.1, 0.15) is 0 Å². The summed E-state index contributed by atoms with van der Waals surface area (Å²) < 4.78 is 0.303. The summed E-state index contributed by atoms with van der Waals surface area (Å²) in [4.78, 5) is 11.5. The van der Waals surface area contributed by atoms with E-state index in [-0.39, 0.29) is 0 Å². The molecule has 2 heterocycles. The molecule has 22 heavy (non-hydrogen) atoms. The number of hydrogen-bond donors (Lipinski definition) is 1. The highest BCUT2D eigenvalue weighted by atomic mass is 32.2. The van der Waals surface area contributed by atoms with E-state index in [1.807, 2.05) is 18.8 Å².